The van der Waals surface area contributed by atoms with E-state index in [1.807, 2.05) is 0 Å². The van der Waals surface area contributed by atoms with Gasteiger partial charge < -0.3 is 14.8 Å². The molecule has 0 aliphatic rings. The van der Waals surface area contributed by atoms with E-state index in [0.717, 1.165) is 0 Å². The molecule has 0 heterocycles. The Balaban J connectivity index is 2.10. The fraction of sp³-hybridized carbons (Fsp3) is 0.125. The highest BCUT2D eigenvalue weighted by molar-refractivity contribution is 7.80. The summed E-state index contributed by atoms with van der Waals surface area (Å²) in [5.41, 5.74) is 0.530. The van der Waals surface area contributed by atoms with Crippen molar-refractivity contribution in [1.82, 2.24) is 5.32 Å². The molecule has 0 radical (unpaired) electrons. The molecule has 0 aromatic heterocycles. The maximum Gasteiger partial charge on any atom is 0.273 e. The fourth-order valence-electron chi connectivity index (χ4n) is 2.03. The van der Waals surface area contributed by atoms with Crippen LogP contribution in [0, 0.1) is 10.1 Å². The number of nitro groups is 1. The van der Waals surface area contributed by atoms with Crippen LogP contribution >= 0.6 is 23.8 Å². The number of methoxy groups -OCH3 is 2. The van der Waals surface area contributed by atoms with E-state index in [0.29, 0.717) is 11.4 Å². The van der Waals surface area contributed by atoms with Crippen molar-refractivity contribution in [3.8, 4) is 11.5 Å². The highest BCUT2D eigenvalue weighted by Crippen LogP contribution is 2.29. The minimum atomic E-state index is -0.542. The molecule has 2 N–H and O–H groups in total. The van der Waals surface area contributed by atoms with Crippen LogP contribution in [0.3, 0.4) is 0 Å². The Morgan fingerprint density at radius 1 is 1.15 bits per heavy atom. The number of rotatable bonds is 5. The normalized spacial score (nSPS) is 9.96. The second kappa shape index (κ2) is 8.45. The number of non-ortho nitro benzene ring substituents is 1. The number of anilines is 1. The maximum atomic E-state index is 12.2. The summed E-state index contributed by atoms with van der Waals surface area (Å²) in [5, 5.41) is 16.3. The molecule has 0 aliphatic heterocycles. The van der Waals surface area contributed by atoms with Gasteiger partial charge in [-0.1, -0.05) is 11.6 Å². The van der Waals surface area contributed by atoms with E-state index in [1.165, 1.54) is 44.6 Å². The number of nitrogens with zero attached hydrogens (tertiary/aromatic N) is 1. The van der Waals surface area contributed by atoms with Gasteiger partial charge in [-0.3, -0.25) is 20.2 Å². The largest absolute Gasteiger partial charge is 0.495 e. The van der Waals surface area contributed by atoms with Crippen molar-refractivity contribution in [2.45, 2.75) is 0 Å². The summed E-state index contributed by atoms with van der Waals surface area (Å²) in [6, 6.07) is 8.52. The molecule has 0 unspecified atom stereocenters. The Bertz CT molecular complexity index is 875. The number of carbonyl (C=O) groups is 1. The molecule has 0 aliphatic carbocycles. The number of carbonyl (C=O) groups excluding carboxylic acids is 1. The molecular weight excluding hydrogens is 382 g/mol. The van der Waals surface area contributed by atoms with Gasteiger partial charge in [0.1, 0.15) is 11.5 Å². The molecule has 2 aromatic rings. The summed E-state index contributed by atoms with van der Waals surface area (Å²) in [7, 11) is 2.84. The molecule has 0 fully saturated rings. The maximum absolute atomic E-state index is 12.2. The van der Waals surface area contributed by atoms with Crippen molar-refractivity contribution in [3.63, 3.8) is 0 Å². The molecule has 136 valence electrons. The summed E-state index contributed by atoms with van der Waals surface area (Å²) in [5.74, 6) is 0.177. The molecule has 26 heavy (non-hydrogen) atoms. The molecule has 0 saturated heterocycles. The van der Waals surface area contributed by atoms with E-state index < -0.39 is 10.8 Å². The van der Waals surface area contributed by atoms with Gasteiger partial charge in [0, 0.05) is 11.6 Å². The number of nitro benzene ring substituents is 1. The van der Waals surface area contributed by atoms with Gasteiger partial charge in [0.05, 0.1) is 35.9 Å². The van der Waals surface area contributed by atoms with Gasteiger partial charge in [-0.05, 0) is 36.5 Å². The summed E-state index contributed by atoms with van der Waals surface area (Å²) in [6.07, 6.45) is 0. The summed E-state index contributed by atoms with van der Waals surface area (Å²) in [4.78, 5) is 22.5. The van der Waals surface area contributed by atoms with E-state index in [9.17, 15) is 14.9 Å². The van der Waals surface area contributed by atoms with Gasteiger partial charge in [-0.2, -0.15) is 0 Å². The SMILES string of the molecule is COc1ccc(C(=O)NC(=S)Nc2ccc([N+](=O)[O-])cc2OC)cc1Cl. The zero-order valence-electron chi connectivity index (χ0n) is 13.7. The topological polar surface area (TPSA) is 103 Å². The Morgan fingerprint density at radius 3 is 2.42 bits per heavy atom. The van der Waals surface area contributed by atoms with Gasteiger partial charge >= 0.3 is 0 Å². The van der Waals surface area contributed by atoms with Crippen LogP contribution in [0.4, 0.5) is 11.4 Å². The van der Waals surface area contributed by atoms with Crippen LogP contribution in [-0.2, 0) is 0 Å². The van der Waals surface area contributed by atoms with Crippen molar-refractivity contribution >= 4 is 46.2 Å². The van der Waals surface area contributed by atoms with Gasteiger partial charge in [-0.15, -0.1) is 0 Å². The first-order valence-corrected chi connectivity index (χ1v) is 7.92. The van der Waals surface area contributed by atoms with Crippen LogP contribution in [0.1, 0.15) is 10.4 Å². The third-order valence-electron chi connectivity index (χ3n) is 3.29. The molecule has 0 saturated carbocycles. The van der Waals surface area contributed by atoms with Crippen molar-refractivity contribution in [3.05, 3.63) is 57.1 Å². The van der Waals surface area contributed by atoms with Crippen LogP contribution in [-0.4, -0.2) is 30.2 Å². The molecular formula is C16H14ClN3O5S. The molecule has 0 spiro atoms. The Labute approximate surface area is 159 Å². The third kappa shape index (κ3) is 4.58. The standard InChI is InChI=1S/C16H14ClN3O5S/c1-24-13-6-3-9(7-11(13)17)15(21)19-16(26)18-12-5-4-10(20(22)23)8-14(12)25-2/h3-8H,1-2H3,(H2,18,19,21,26). The van der Waals surface area contributed by atoms with E-state index >= 15 is 0 Å². The summed E-state index contributed by atoms with van der Waals surface area (Å²) >= 11 is 11.1. The molecule has 0 bridgehead atoms. The van der Waals surface area contributed by atoms with Gasteiger partial charge in [0.25, 0.3) is 11.6 Å². The molecule has 8 nitrogen and oxygen atoms in total. The zero-order valence-corrected chi connectivity index (χ0v) is 15.3. The molecule has 1 amide bonds. The predicted molar refractivity (Wildman–Crippen MR) is 101 cm³/mol. The molecule has 0 atom stereocenters. The lowest BCUT2D eigenvalue weighted by Crippen LogP contribution is -2.34. The third-order valence-corrected chi connectivity index (χ3v) is 3.78. The van der Waals surface area contributed by atoms with Gasteiger partial charge in [0.15, 0.2) is 5.11 Å². The van der Waals surface area contributed by atoms with Crippen LogP contribution < -0.4 is 20.1 Å². The van der Waals surface area contributed by atoms with Gasteiger partial charge in [0.2, 0.25) is 0 Å². The van der Waals surface area contributed by atoms with Crippen molar-refractivity contribution in [2.24, 2.45) is 0 Å². The molecule has 10 heteroatoms. The lowest BCUT2D eigenvalue weighted by molar-refractivity contribution is -0.384. The van der Waals surface area contributed by atoms with Crippen LogP contribution in [0.5, 0.6) is 11.5 Å². The van der Waals surface area contributed by atoms with E-state index in [2.05, 4.69) is 10.6 Å². The number of halogens is 1. The van der Waals surface area contributed by atoms with Crippen molar-refractivity contribution < 1.29 is 19.2 Å². The predicted octanol–water partition coefficient (Wildman–Crippen LogP) is 3.39. The summed E-state index contributed by atoms with van der Waals surface area (Å²) < 4.78 is 10.1. The van der Waals surface area contributed by atoms with Crippen LogP contribution in [0.15, 0.2) is 36.4 Å². The monoisotopic (exact) mass is 395 g/mol. The number of benzene rings is 2. The van der Waals surface area contributed by atoms with E-state index in [1.54, 1.807) is 6.07 Å². The molecule has 2 rings (SSSR count). The highest BCUT2D eigenvalue weighted by atomic mass is 35.5. The number of thiocarbonyl (C=S) groups is 1. The number of nitrogens with one attached hydrogen (secondary N) is 2. The second-order valence-corrected chi connectivity index (χ2v) is 5.71. The number of ether oxygens (including phenoxy) is 2. The van der Waals surface area contributed by atoms with Crippen molar-refractivity contribution in [2.75, 3.05) is 19.5 Å². The highest BCUT2D eigenvalue weighted by Gasteiger charge is 2.14. The first kappa shape index (κ1) is 19.4. The lowest BCUT2D eigenvalue weighted by Gasteiger charge is -2.13. The lowest BCUT2D eigenvalue weighted by atomic mass is 10.2. The van der Waals surface area contributed by atoms with Crippen molar-refractivity contribution in [1.29, 1.82) is 0 Å². The zero-order chi connectivity index (χ0) is 19.3. The average Bonchev–Trinajstić information content (AvgIpc) is 2.61. The Morgan fingerprint density at radius 2 is 1.85 bits per heavy atom. The van der Waals surface area contributed by atoms with Gasteiger partial charge in [-0.25, -0.2) is 0 Å². The first-order valence-electron chi connectivity index (χ1n) is 7.14. The fourth-order valence-corrected chi connectivity index (χ4v) is 2.49. The Hall–Kier alpha value is -2.91. The number of amides is 1. The minimum absolute atomic E-state index is 0.00547. The smallest absolute Gasteiger partial charge is 0.273 e. The second-order valence-electron chi connectivity index (χ2n) is 4.90. The number of hydrogen-bond acceptors (Lipinski definition) is 6. The molecule has 2 aromatic carbocycles. The van der Waals surface area contributed by atoms with Crippen LogP contribution in [0.2, 0.25) is 5.02 Å². The van der Waals surface area contributed by atoms with E-state index in [-0.39, 0.29) is 27.1 Å². The van der Waals surface area contributed by atoms with Crippen LogP contribution in [0.25, 0.3) is 0 Å². The quantitative estimate of drug-likeness (QED) is 0.454. The minimum Gasteiger partial charge on any atom is -0.495 e. The average molecular weight is 396 g/mol. The first-order chi connectivity index (χ1) is 12.3. The Kier molecular flexibility index (Phi) is 6.31. The van der Waals surface area contributed by atoms with E-state index in [4.69, 9.17) is 33.3 Å². The number of hydrogen-bond donors (Lipinski definition) is 2. The summed E-state index contributed by atoms with van der Waals surface area (Å²) in [6.45, 7) is 0.